The van der Waals surface area contributed by atoms with Gasteiger partial charge >= 0.3 is 5.97 Å². The second-order valence-electron chi connectivity index (χ2n) is 2.11. The van der Waals surface area contributed by atoms with Crippen LogP contribution in [-0.4, -0.2) is 17.1 Å². The van der Waals surface area contributed by atoms with Crippen LogP contribution in [0.2, 0.25) is 0 Å². The molecule has 0 aromatic carbocycles. The van der Waals surface area contributed by atoms with Gasteiger partial charge in [0.25, 0.3) is 0 Å². The van der Waals surface area contributed by atoms with Crippen molar-refractivity contribution in [2.45, 2.75) is 19.9 Å². The van der Waals surface area contributed by atoms with Gasteiger partial charge in [-0.05, 0) is 5.92 Å². The van der Waals surface area contributed by atoms with E-state index in [-0.39, 0.29) is 5.92 Å². The molecule has 0 aliphatic carbocycles. The number of hydrogen-bond acceptors (Lipinski definition) is 3. The molecule has 0 aromatic heterocycles. The van der Waals surface area contributed by atoms with Crippen molar-refractivity contribution in [2.24, 2.45) is 11.7 Å². The van der Waals surface area contributed by atoms with E-state index in [9.17, 15) is 4.79 Å². The van der Waals surface area contributed by atoms with Crippen molar-refractivity contribution in [2.75, 3.05) is 0 Å². The fraction of sp³-hybridized carbons (Fsp3) is 0.667. The van der Waals surface area contributed by atoms with E-state index in [1.54, 1.807) is 13.8 Å². The van der Waals surface area contributed by atoms with E-state index in [4.69, 9.17) is 16.1 Å². The van der Waals surface area contributed by atoms with E-state index in [2.05, 4.69) is 6.57 Å². The van der Waals surface area contributed by atoms with Crippen LogP contribution in [0.4, 0.5) is 0 Å². The van der Waals surface area contributed by atoms with Crippen molar-refractivity contribution in [3.05, 3.63) is 0 Å². The standard InChI is InChI=1S/C5H11NO2.CHN/c1-3(2)4(6)5(7)8;1-2/h3-4H,6H2,1-2H3,(H,7,8);1H/t4-;/m0./s1. The van der Waals surface area contributed by atoms with E-state index < -0.39 is 12.0 Å². The molecule has 0 saturated heterocycles. The number of hydrogen-bond donors (Lipinski definition) is 2. The summed E-state index contributed by atoms with van der Waals surface area (Å²) in [5.74, 6) is -0.910. The molecule has 0 aliphatic heterocycles. The first-order valence-corrected chi connectivity index (χ1v) is 2.80. The zero-order valence-corrected chi connectivity index (χ0v) is 6.11. The van der Waals surface area contributed by atoms with Crippen LogP contribution in [0.25, 0.3) is 0 Å². The van der Waals surface area contributed by atoms with Crippen molar-refractivity contribution in [3.8, 4) is 6.57 Å². The van der Waals surface area contributed by atoms with Gasteiger partial charge in [-0.25, -0.2) is 5.26 Å². The van der Waals surface area contributed by atoms with E-state index in [1.807, 2.05) is 0 Å². The molecule has 0 aliphatic rings. The van der Waals surface area contributed by atoms with E-state index in [0.717, 1.165) is 0 Å². The number of nitrogens with two attached hydrogens (primary N) is 1. The summed E-state index contributed by atoms with van der Waals surface area (Å²) in [4.78, 5) is 10.0. The van der Waals surface area contributed by atoms with E-state index in [1.165, 1.54) is 0 Å². The average Bonchev–Trinajstić information content (AvgIpc) is 1.90. The zero-order valence-electron chi connectivity index (χ0n) is 6.11. The Hall–Kier alpha value is -1.08. The lowest BCUT2D eigenvalue weighted by Crippen LogP contribution is -2.34. The summed E-state index contributed by atoms with van der Waals surface area (Å²) in [5, 5.41) is 14.7. The van der Waals surface area contributed by atoms with Gasteiger partial charge in [0.05, 0.1) is 0 Å². The molecule has 0 unspecified atom stereocenters. The molecule has 4 heteroatoms. The maximum absolute atomic E-state index is 10.0. The third-order valence-electron chi connectivity index (χ3n) is 1.00. The molecule has 0 bridgehead atoms. The molecule has 0 heterocycles. The SMILES string of the molecule is C#N.CC(C)[C@H](N)C(=O)O. The molecule has 10 heavy (non-hydrogen) atoms. The molecule has 0 aromatic rings. The highest BCUT2D eigenvalue weighted by atomic mass is 16.4. The van der Waals surface area contributed by atoms with Crippen LogP contribution >= 0.6 is 0 Å². The number of nitrogens with zero attached hydrogens (tertiary/aromatic N) is 1. The molecule has 4 nitrogen and oxygen atoms in total. The molecule has 0 amide bonds. The largest absolute Gasteiger partial charge is 0.480 e. The lowest BCUT2D eigenvalue weighted by Gasteiger charge is -2.07. The molecule has 0 spiro atoms. The minimum atomic E-state index is -0.931. The van der Waals surface area contributed by atoms with Crippen LogP contribution < -0.4 is 5.73 Å². The predicted octanol–water partition coefficient (Wildman–Crippen LogP) is 0.194. The Labute approximate surface area is 60.3 Å². The van der Waals surface area contributed by atoms with Crippen LogP contribution in [0, 0.1) is 17.8 Å². The Morgan fingerprint density at radius 3 is 1.90 bits per heavy atom. The lowest BCUT2D eigenvalue weighted by molar-refractivity contribution is -0.139. The average molecular weight is 144 g/mol. The van der Waals surface area contributed by atoms with Crippen molar-refractivity contribution < 1.29 is 9.90 Å². The Morgan fingerprint density at radius 1 is 1.60 bits per heavy atom. The Morgan fingerprint density at radius 2 is 1.90 bits per heavy atom. The maximum Gasteiger partial charge on any atom is 0.320 e. The lowest BCUT2D eigenvalue weighted by atomic mass is 10.1. The Bertz CT molecular complexity index is 120. The van der Waals surface area contributed by atoms with Gasteiger partial charge in [0, 0.05) is 6.57 Å². The molecule has 1 atom stereocenters. The van der Waals surface area contributed by atoms with Crippen molar-refractivity contribution >= 4 is 5.97 Å². The molecule has 0 rings (SSSR count). The highest BCUT2D eigenvalue weighted by Gasteiger charge is 2.14. The quantitative estimate of drug-likeness (QED) is 0.579. The molecule has 58 valence electrons. The van der Waals surface area contributed by atoms with Gasteiger partial charge in [0.1, 0.15) is 6.04 Å². The minimum Gasteiger partial charge on any atom is -0.480 e. The number of carboxylic acids is 1. The van der Waals surface area contributed by atoms with Crippen LogP contribution in [0.3, 0.4) is 0 Å². The van der Waals surface area contributed by atoms with Crippen molar-refractivity contribution in [3.63, 3.8) is 0 Å². The third kappa shape index (κ3) is 5.06. The second-order valence-corrected chi connectivity index (χ2v) is 2.11. The van der Waals surface area contributed by atoms with Gasteiger partial charge in [0.15, 0.2) is 0 Å². The first-order chi connectivity index (χ1) is 4.55. The first-order valence-electron chi connectivity index (χ1n) is 2.80. The van der Waals surface area contributed by atoms with Gasteiger partial charge in [-0.3, -0.25) is 4.79 Å². The summed E-state index contributed by atoms with van der Waals surface area (Å²) in [6, 6.07) is -0.713. The Balaban J connectivity index is 0. The van der Waals surface area contributed by atoms with Crippen molar-refractivity contribution in [1.82, 2.24) is 0 Å². The summed E-state index contributed by atoms with van der Waals surface area (Å²) >= 11 is 0. The van der Waals surface area contributed by atoms with E-state index in [0.29, 0.717) is 0 Å². The summed E-state index contributed by atoms with van der Waals surface area (Å²) in [7, 11) is 0. The first kappa shape index (κ1) is 11.7. The number of aliphatic carboxylic acids is 1. The summed E-state index contributed by atoms with van der Waals surface area (Å²) in [6.07, 6.45) is 0. The van der Waals surface area contributed by atoms with Gasteiger partial charge in [-0.15, -0.1) is 0 Å². The monoisotopic (exact) mass is 144 g/mol. The van der Waals surface area contributed by atoms with Crippen LogP contribution in [-0.2, 0) is 4.79 Å². The zero-order chi connectivity index (χ0) is 8.73. The smallest absolute Gasteiger partial charge is 0.320 e. The summed E-state index contributed by atoms with van der Waals surface area (Å²) < 4.78 is 0. The van der Waals surface area contributed by atoms with Gasteiger partial charge in [-0.1, -0.05) is 13.8 Å². The molecule has 3 N–H and O–H groups in total. The highest BCUT2D eigenvalue weighted by molar-refractivity contribution is 5.73. The highest BCUT2D eigenvalue weighted by Crippen LogP contribution is 1.96. The van der Waals surface area contributed by atoms with Gasteiger partial charge in [0.2, 0.25) is 0 Å². The third-order valence-corrected chi connectivity index (χ3v) is 1.00. The fourth-order valence-electron chi connectivity index (χ4n) is 0.285. The number of carbonyl (C=O) groups is 1. The van der Waals surface area contributed by atoms with Crippen LogP contribution in [0.1, 0.15) is 13.8 Å². The fourth-order valence-corrected chi connectivity index (χ4v) is 0.285. The van der Waals surface area contributed by atoms with E-state index >= 15 is 0 Å². The van der Waals surface area contributed by atoms with Crippen LogP contribution in [0.5, 0.6) is 0 Å². The second kappa shape index (κ2) is 6.05. The maximum atomic E-state index is 10.0. The number of carboxylic acid groups (broad SMARTS) is 1. The van der Waals surface area contributed by atoms with Crippen LogP contribution in [0.15, 0.2) is 0 Å². The predicted molar refractivity (Wildman–Crippen MR) is 37.1 cm³/mol. The number of nitriles is 1. The summed E-state index contributed by atoms with van der Waals surface area (Å²) in [5.41, 5.74) is 5.16. The van der Waals surface area contributed by atoms with Gasteiger partial charge < -0.3 is 10.8 Å². The molecule has 0 fully saturated rings. The Kier molecular flexibility index (Phi) is 7.06. The topological polar surface area (TPSA) is 87.1 Å². The molecule has 0 radical (unpaired) electrons. The molecule has 0 saturated carbocycles. The molecular formula is C6H12N2O2. The van der Waals surface area contributed by atoms with Crippen molar-refractivity contribution in [1.29, 1.82) is 5.26 Å². The normalized spacial score (nSPS) is 11.4. The summed E-state index contributed by atoms with van der Waals surface area (Å²) in [6.45, 7) is 7.05. The van der Waals surface area contributed by atoms with Gasteiger partial charge in [-0.2, -0.15) is 0 Å². The number of rotatable bonds is 2. The minimum absolute atomic E-state index is 0.0208. The molecular weight excluding hydrogens is 132 g/mol.